The number of benzene rings is 2. The van der Waals surface area contributed by atoms with Crippen molar-refractivity contribution in [2.24, 2.45) is 0 Å². The van der Waals surface area contributed by atoms with E-state index in [4.69, 9.17) is 4.74 Å². The number of halogens is 1. The molecule has 3 aromatic rings. The first kappa shape index (κ1) is 19.9. The maximum Gasteiger partial charge on any atom is 0.120 e. The molecule has 0 saturated carbocycles. The Balaban J connectivity index is 1.36. The molecule has 1 aliphatic heterocycles. The molecule has 1 fully saturated rings. The highest BCUT2D eigenvalue weighted by Gasteiger charge is 2.12. The van der Waals surface area contributed by atoms with Crippen LogP contribution in [0, 0.1) is 6.92 Å². The van der Waals surface area contributed by atoms with Crippen LogP contribution in [0.1, 0.15) is 37.0 Å². The van der Waals surface area contributed by atoms with Crippen LogP contribution in [0.4, 0.5) is 0 Å². The van der Waals surface area contributed by atoms with E-state index in [1.807, 2.05) is 11.3 Å². The number of piperidine rings is 1. The Bertz CT molecular complexity index is 912. The van der Waals surface area contributed by atoms with Crippen molar-refractivity contribution in [1.29, 1.82) is 0 Å². The number of rotatable bonds is 7. The van der Waals surface area contributed by atoms with Gasteiger partial charge in [0.25, 0.3) is 0 Å². The van der Waals surface area contributed by atoms with Gasteiger partial charge in [-0.15, -0.1) is 11.3 Å². The van der Waals surface area contributed by atoms with Gasteiger partial charge in [-0.2, -0.15) is 0 Å². The Labute approximate surface area is 180 Å². The van der Waals surface area contributed by atoms with Gasteiger partial charge >= 0.3 is 0 Å². The zero-order chi connectivity index (χ0) is 19.3. The smallest absolute Gasteiger partial charge is 0.120 e. The van der Waals surface area contributed by atoms with Gasteiger partial charge in [-0.05, 0) is 88.1 Å². The normalized spacial score (nSPS) is 15.2. The molecule has 4 rings (SSSR count). The Morgan fingerprint density at radius 2 is 1.79 bits per heavy atom. The second-order valence-corrected chi connectivity index (χ2v) is 9.83. The molecule has 0 atom stereocenters. The molecule has 4 heteroatoms. The fourth-order valence-electron chi connectivity index (χ4n) is 4.07. The van der Waals surface area contributed by atoms with Gasteiger partial charge in [0, 0.05) is 25.0 Å². The molecule has 0 amide bonds. The molecular weight excluding hydrogens is 430 g/mol. The quantitative estimate of drug-likeness (QED) is 0.345. The summed E-state index contributed by atoms with van der Waals surface area (Å²) in [5.74, 6) is 0.995. The number of ether oxygens (including phenoxy) is 1. The van der Waals surface area contributed by atoms with Gasteiger partial charge in [0.2, 0.25) is 0 Å². The van der Waals surface area contributed by atoms with Crippen molar-refractivity contribution in [3.05, 3.63) is 51.8 Å². The Morgan fingerprint density at radius 1 is 1.00 bits per heavy atom. The number of hydrogen-bond acceptors (Lipinski definition) is 3. The molecule has 0 aliphatic carbocycles. The highest BCUT2D eigenvalue weighted by Crippen LogP contribution is 2.40. The molecule has 0 spiro atoms. The minimum absolute atomic E-state index is 0.809. The van der Waals surface area contributed by atoms with E-state index in [9.17, 15) is 0 Å². The number of nitrogens with zero attached hydrogens (tertiary/aromatic N) is 1. The standard InChI is InChI=1S/C24H28BrNOS/c1-18-24(19-7-9-20(25)10-8-19)22-12-11-21(17-23(22)28-18)27-16-6-5-15-26-13-3-2-4-14-26/h7-12,17H,2-6,13-16H2,1H3. The lowest BCUT2D eigenvalue weighted by Crippen LogP contribution is -2.30. The highest BCUT2D eigenvalue weighted by molar-refractivity contribution is 9.10. The molecule has 2 heterocycles. The lowest BCUT2D eigenvalue weighted by Gasteiger charge is -2.26. The third-order valence-electron chi connectivity index (χ3n) is 5.56. The summed E-state index contributed by atoms with van der Waals surface area (Å²) in [7, 11) is 0. The van der Waals surface area contributed by atoms with Crippen LogP contribution in [0.15, 0.2) is 46.9 Å². The molecule has 1 aromatic heterocycles. The summed E-state index contributed by atoms with van der Waals surface area (Å²) < 4.78 is 8.48. The minimum atomic E-state index is 0.809. The maximum atomic E-state index is 6.06. The zero-order valence-corrected chi connectivity index (χ0v) is 18.9. The van der Waals surface area contributed by atoms with E-state index in [-0.39, 0.29) is 0 Å². The van der Waals surface area contributed by atoms with E-state index in [0.717, 1.165) is 23.2 Å². The molecule has 0 bridgehead atoms. The average molecular weight is 458 g/mol. The zero-order valence-electron chi connectivity index (χ0n) is 16.5. The Kier molecular flexibility index (Phi) is 6.71. The van der Waals surface area contributed by atoms with Crippen molar-refractivity contribution in [2.75, 3.05) is 26.2 Å². The maximum absolute atomic E-state index is 6.06. The van der Waals surface area contributed by atoms with E-state index in [0.29, 0.717) is 0 Å². The van der Waals surface area contributed by atoms with Crippen molar-refractivity contribution in [1.82, 2.24) is 4.90 Å². The molecule has 1 saturated heterocycles. The lowest BCUT2D eigenvalue weighted by molar-refractivity contribution is 0.216. The molecule has 0 radical (unpaired) electrons. The van der Waals surface area contributed by atoms with E-state index in [1.54, 1.807) is 0 Å². The molecule has 148 valence electrons. The monoisotopic (exact) mass is 457 g/mol. The molecule has 1 aliphatic rings. The van der Waals surface area contributed by atoms with Gasteiger partial charge in [-0.3, -0.25) is 0 Å². The number of thiophene rings is 1. The van der Waals surface area contributed by atoms with Gasteiger partial charge in [-0.1, -0.05) is 34.5 Å². The van der Waals surface area contributed by atoms with Crippen molar-refractivity contribution >= 4 is 37.4 Å². The van der Waals surface area contributed by atoms with Crippen molar-refractivity contribution in [3.63, 3.8) is 0 Å². The summed E-state index contributed by atoms with van der Waals surface area (Å²) in [6.45, 7) is 6.82. The molecule has 2 nitrogen and oxygen atoms in total. The lowest BCUT2D eigenvalue weighted by atomic mass is 10.0. The number of fused-ring (bicyclic) bond motifs is 1. The molecule has 28 heavy (non-hydrogen) atoms. The molecule has 0 unspecified atom stereocenters. The second kappa shape index (κ2) is 9.43. The van der Waals surface area contributed by atoms with Crippen LogP contribution >= 0.6 is 27.3 Å². The first-order valence-corrected chi connectivity index (χ1v) is 12.0. The number of aryl methyl sites for hydroxylation is 1. The number of likely N-dealkylation sites (tertiary alicyclic amines) is 1. The van der Waals surface area contributed by atoms with E-state index in [2.05, 4.69) is 70.2 Å². The first-order valence-electron chi connectivity index (χ1n) is 10.3. The third kappa shape index (κ3) is 4.79. The Morgan fingerprint density at radius 3 is 2.57 bits per heavy atom. The third-order valence-corrected chi connectivity index (χ3v) is 7.15. The first-order chi connectivity index (χ1) is 13.7. The predicted molar refractivity (Wildman–Crippen MR) is 125 cm³/mol. The van der Waals surface area contributed by atoms with Crippen LogP contribution in [0.5, 0.6) is 5.75 Å². The molecule has 2 aromatic carbocycles. The van der Waals surface area contributed by atoms with Gasteiger partial charge in [-0.25, -0.2) is 0 Å². The SMILES string of the molecule is Cc1sc2cc(OCCCCN3CCCCC3)ccc2c1-c1ccc(Br)cc1. The summed E-state index contributed by atoms with van der Waals surface area (Å²) >= 11 is 5.38. The second-order valence-electron chi connectivity index (χ2n) is 7.66. The van der Waals surface area contributed by atoms with E-state index >= 15 is 0 Å². The summed E-state index contributed by atoms with van der Waals surface area (Å²) in [5.41, 5.74) is 2.62. The summed E-state index contributed by atoms with van der Waals surface area (Å²) in [4.78, 5) is 3.96. The van der Waals surface area contributed by atoms with Crippen molar-refractivity contribution in [3.8, 4) is 16.9 Å². The van der Waals surface area contributed by atoms with Crippen LogP contribution in [0.3, 0.4) is 0 Å². The van der Waals surface area contributed by atoms with Crippen LogP contribution in [0.25, 0.3) is 21.2 Å². The summed E-state index contributed by atoms with van der Waals surface area (Å²) in [6.07, 6.45) is 6.52. The summed E-state index contributed by atoms with van der Waals surface area (Å²) in [6, 6.07) is 15.1. The van der Waals surface area contributed by atoms with Crippen LogP contribution < -0.4 is 4.74 Å². The fraction of sp³-hybridized carbons (Fsp3) is 0.417. The summed E-state index contributed by atoms with van der Waals surface area (Å²) in [5, 5.41) is 1.32. The van der Waals surface area contributed by atoms with Gasteiger partial charge in [0.15, 0.2) is 0 Å². The molecular formula is C24H28BrNOS. The largest absolute Gasteiger partial charge is 0.494 e. The highest BCUT2D eigenvalue weighted by atomic mass is 79.9. The Hall–Kier alpha value is -1.36. The van der Waals surface area contributed by atoms with Crippen LogP contribution in [-0.4, -0.2) is 31.1 Å². The van der Waals surface area contributed by atoms with Gasteiger partial charge in [0.1, 0.15) is 5.75 Å². The van der Waals surface area contributed by atoms with E-state index < -0.39 is 0 Å². The molecule has 0 N–H and O–H groups in total. The fourth-order valence-corrected chi connectivity index (χ4v) is 5.45. The number of unbranched alkanes of at least 4 members (excludes halogenated alkanes) is 1. The average Bonchev–Trinajstić information content (AvgIpc) is 3.04. The number of hydrogen-bond donors (Lipinski definition) is 0. The van der Waals surface area contributed by atoms with Crippen molar-refractivity contribution in [2.45, 2.75) is 39.0 Å². The topological polar surface area (TPSA) is 12.5 Å². The van der Waals surface area contributed by atoms with Crippen LogP contribution in [-0.2, 0) is 0 Å². The van der Waals surface area contributed by atoms with Gasteiger partial charge < -0.3 is 9.64 Å². The van der Waals surface area contributed by atoms with Gasteiger partial charge in [0.05, 0.1) is 6.61 Å². The van der Waals surface area contributed by atoms with Crippen LogP contribution in [0.2, 0.25) is 0 Å². The van der Waals surface area contributed by atoms with Crippen molar-refractivity contribution < 1.29 is 4.74 Å². The minimum Gasteiger partial charge on any atom is -0.494 e. The predicted octanol–water partition coefficient (Wildman–Crippen LogP) is 7.28. The van der Waals surface area contributed by atoms with E-state index in [1.165, 1.54) is 71.4 Å².